The van der Waals surface area contributed by atoms with Gasteiger partial charge in [0.2, 0.25) is 0 Å². The lowest BCUT2D eigenvalue weighted by molar-refractivity contribution is -0.148. The lowest BCUT2D eigenvalue weighted by Gasteiger charge is -2.30. The fourth-order valence-corrected chi connectivity index (χ4v) is 2.28. The molecule has 0 bridgehead atoms. The van der Waals surface area contributed by atoms with Crippen LogP contribution in [-0.4, -0.2) is 26.7 Å². The molecule has 0 aliphatic heterocycles. The Balaban J connectivity index is 2.68. The second kappa shape index (κ2) is 3.01. The van der Waals surface area contributed by atoms with Gasteiger partial charge in [-0.05, 0) is 12.8 Å². The van der Waals surface area contributed by atoms with Gasteiger partial charge in [-0.15, -0.1) is 3.89 Å². The Morgan fingerprint density at radius 3 is 2.33 bits per heavy atom. The first kappa shape index (κ1) is 9.44. The molecule has 0 aromatic rings. The standard InChI is InChI=1S/C6H9FO4S/c1-11-6(8)4-2-3-5(4)12(7,9)10/h4-5H,2-3H2,1H3/t4-,5+/m0/s1. The molecule has 0 heterocycles. The Bertz CT molecular complexity index is 284. The van der Waals surface area contributed by atoms with E-state index in [1.165, 1.54) is 0 Å². The van der Waals surface area contributed by atoms with Gasteiger partial charge in [-0.3, -0.25) is 4.79 Å². The lowest BCUT2D eigenvalue weighted by atomic mass is 9.85. The van der Waals surface area contributed by atoms with E-state index in [4.69, 9.17) is 0 Å². The molecule has 0 amide bonds. The highest BCUT2D eigenvalue weighted by Gasteiger charge is 2.46. The van der Waals surface area contributed by atoms with Crippen molar-refractivity contribution in [2.24, 2.45) is 5.92 Å². The summed E-state index contributed by atoms with van der Waals surface area (Å²) in [6, 6.07) is 0. The largest absolute Gasteiger partial charge is 0.469 e. The number of halogens is 1. The summed E-state index contributed by atoms with van der Waals surface area (Å²) in [5.74, 6) is -1.45. The highest BCUT2D eigenvalue weighted by atomic mass is 32.3. The van der Waals surface area contributed by atoms with E-state index in [-0.39, 0.29) is 6.42 Å². The average Bonchev–Trinajstić information content (AvgIpc) is 1.80. The minimum Gasteiger partial charge on any atom is -0.469 e. The van der Waals surface area contributed by atoms with E-state index >= 15 is 0 Å². The monoisotopic (exact) mass is 196 g/mol. The van der Waals surface area contributed by atoms with E-state index in [1.54, 1.807) is 0 Å². The number of hydrogen-bond acceptors (Lipinski definition) is 4. The van der Waals surface area contributed by atoms with Crippen LogP contribution in [0.3, 0.4) is 0 Å². The van der Waals surface area contributed by atoms with Crippen LogP contribution >= 0.6 is 0 Å². The molecule has 1 fully saturated rings. The number of esters is 1. The normalized spacial score (nSPS) is 29.2. The van der Waals surface area contributed by atoms with Crippen molar-refractivity contribution >= 4 is 16.2 Å². The summed E-state index contributed by atoms with van der Waals surface area (Å²) in [4.78, 5) is 10.8. The van der Waals surface area contributed by atoms with Gasteiger partial charge in [-0.1, -0.05) is 0 Å². The van der Waals surface area contributed by atoms with Gasteiger partial charge in [0, 0.05) is 0 Å². The molecule has 0 N–H and O–H groups in total. The molecule has 0 spiro atoms. The van der Waals surface area contributed by atoms with E-state index in [0.717, 1.165) is 7.11 Å². The van der Waals surface area contributed by atoms with Crippen molar-refractivity contribution < 1.29 is 21.8 Å². The molecule has 0 radical (unpaired) electrons. The van der Waals surface area contributed by atoms with Crippen LogP contribution in [0.15, 0.2) is 0 Å². The zero-order valence-electron chi connectivity index (χ0n) is 6.49. The SMILES string of the molecule is COC(=O)[C@H]1CC[C@H]1S(=O)(=O)F. The van der Waals surface area contributed by atoms with E-state index in [9.17, 15) is 17.1 Å². The van der Waals surface area contributed by atoms with E-state index in [2.05, 4.69) is 4.74 Å². The van der Waals surface area contributed by atoms with Gasteiger partial charge >= 0.3 is 16.2 Å². The molecular weight excluding hydrogens is 187 g/mol. The topological polar surface area (TPSA) is 60.4 Å². The first-order chi connectivity index (χ1) is 5.46. The molecule has 1 aliphatic rings. The predicted octanol–water partition coefficient (Wildman–Crippen LogP) is 0.237. The quantitative estimate of drug-likeness (QED) is 0.468. The van der Waals surface area contributed by atoms with Crippen LogP contribution < -0.4 is 0 Å². The Morgan fingerprint density at radius 1 is 1.50 bits per heavy atom. The van der Waals surface area contributed by atoms with Gasteiger partial charge < -0.3 is 4.74 Å². The van der Waals surface area contributed by atoms with Crippen molar-refractivity contribution in [1.82, 2.24) is 0 Å². The van der Waals surface area contributed by atoms with Crippen molar-refractivity contribution in [3.8, 4) is 0 Å². The maximum Gasteiger partial charge on any atom is 0.310 e. The highest BCUT2D eigenvalue weighted by molar-refractivity contribution is 7.87. The van der Waals surface area contributed by atoms with Crippen LogP contribution in [0.4, 0.5) is 3.89 Å². The number of rotatable bonds is 2. The summed E-state index contributed by atoms with van der Waals surface area (Å²) in [7, 11) is -3.42. The maximum atomic E-state index is 12.3. The van der Waals surface area contributed by atoms with Crippen LogP contribution in [0.1, 0.15) is 12.8 Å². The second-order valence-corrected chi connectivity index (χ2v) is 4.28. The van der Waals surface area contributed by atoms with Gasteiger partial charge in [-0.25, -0.2) is 0 Å². The number of methoxy groups -OCH3 is 1. The minimum atomic E-state index is -4.57. The van der Waals surface area contributed by atoms with Crippen molar-refractivity contribution in [2.45, 2.75) is 18.1 Å². The smallest absolute Gasteiger partial charge is 0.310 e. The van der Waals surface area contributed by atoms with Crippen LogP contribution in [0.25, 0.3) is 0 Å². The molecule has 6 heteroatoms. The summed E-state index contributed by atoms with van der Waals surface area (Å²) < 4.78 is 37.4. The third kappa shape index (κ3) is 1.57. The van der Waals surface area contributed by atoms with Crippen molar-refractivity contribution in [3.63, 3.8) is 0 Å². The molecule has 1 rings (SSSR count). The Morgan fingerprint density at radius 2 is 2.08 bits per heavy atom. The maximum absolute atomic E-state index is 12.3. The van der Waals surface area contributed by atoms with Gasteiger partial charge in [0.15, 0.2) is 0 Å². The summed E-state index contributed by atoms with van der Waals surface area (Å²) in [5, 5.41) is -1.18. The molecule has 0 saturated heterocycles. The lowest BCUT2D eigenvalue weighted by Crippen LogP contribution is -2.42. The van der Waals surface area contributed by atoms with Crippen molar-refractivity contribution in [3.05, 3.63) is 0 Å². The molecule has 1 aliphatic carbocycles. The third-order valence-corrected chi connectivity index (χ3v) is 3.36. The van der Waals surface area contributed by atoms with E-state index in [0.29, 0.717) is 6.42 Å². The zero-order valence-corrected chi connectivity index (χ0v) is 7.30. The predicted molar refractivity (Wildman–Crippen MR) is 38.6 cm³/mol. The number of ether oxygens (including phenoxy) is 1. The van der Waals surface area contributed by atoms with E-state index in [1.807, 2.05) is 0 Å². The summed E-state index contributed by atoms with van der Waals surface area (Å²) in [5.41, 5.74) is 0. The van der Waals surface area contributed by atoms with Crippen LogP contribution in [0.2, 0.25) is 0 Å². The molecule has 2 atom stereocenters. The highest BCUT2D eigenvalue weighted by Crippen LogP contribution is 2.34. The van der Waals surface area contributed by atoms with Gasteiger partial charge in [0.25, 0.3) is 0 Å². The van der Waals surface area contributed by atoms with Crippen molar-refractivity contribution in [1.29, 1.82) is 0 Å². The van der Waals surface area contributed by atoms with E-state index < -0.39 is 27.4 Å². The van der Waals surface area contributed by atoms with Gasteiger partial charge in [0.1, 0.15) is 5.25 Å². The van der Waals surface area contributed by atoms with Gasteiger partial charge in [0.05, 0.1) is 13.0 Å². The summed E-state index contributed by atoms with van der Waals surface area (Å²) in [6.45, 7) is 0. The zero-order chi connectivity index (χ0) is 9.35. The molecule has 70 valence electrons. The number of hydrogen-bond donors (Lipinski definition) is 0. The Hall–Kier alpha value is -0.650. The molecule has 4 nitrogen and oxygen atoms in total. The van der Waals surface area contributed by atoms with Gasteiger partial charge in [-0.2, -0.15) is 8.42 Å². The van der Waals surface area contributed by atoms with Crippen molar-refractivity contribution in [2.75, 3.05) is 7.11 Å². The third-order valence-electron chi connectivity index (χ3n) is 2.08. The Kier molecular flexibility index (Phi) is 2.36. The first-order valence-corrected chi connectivity index (χ1v) is 4.93. The van der Waals surface area contributed by atoms with Crippen LogP contribution in [0, 0.1) is 5.92 Å². The summed E-state index contributed by atoms with van der Waals surface area (Å²) in [6.07, 6.45) is 0.596. The molecule has 12 heavy (non-hydrogen) atoms. The molecule has 1 saturated carbocycles. The molecule has 0 aromatic carbocycles. The minimum absolute atomic E-state index is 0.207. The van der Waals surface area contributed by atoms with Crippen LogP contribution in [0.5, 0.6) is 0 Å². The number of carbonyl (C=O) groups excluding carboxylic acids is 1. The number of carbonyl (C=O) groups is 1. The fraction of sp³-hybridized carbons (Fsp3) is 0.833. The molecule has 0 unspecified atom stereocenters. The molecule has 0 aromatic heterocycles. The van der Waals surface area contributed by atoms with Crippen LogP contribution in [-0.2, 0) is 19.8 Å². The first-order valence-electron chi connectivity index (χ1n) is 3.48. The Labute approximate surface area is 69.9 Å². The second-order valence-electron chi connectivity index (χ2n) is 2.72. The molecular formula is C6H9FO4S. The fourth-order valence-electron chi connectivity index (χ4n) is 1.23. The summed E-state index contributed by atoms with van der Waals surface area (Å²) >= 11 is 0. The average molecular weight is 196 g/mol.